The fourth-order valence-corrected chi connectivity index (χ4v) is 4.02. The summed E-state index contributed by atoms with van der Waals surface area (Å²) >= 11 is 0. The van der Waals surface area contributed by atoms with Crippen LogP contribution < -0.4 is 10.0 Å². The van der Waals surface area contributed by atoms with Gasteiger partial charge in [0.2, 0.25) is 0 Å². The third kappa shape index (κ3) is 3.91. The van der Waals surface area contributed by atoms with Gasteiger partial charge in [0.25, 0.3) is 10.2 Å². The first-order chi connectivity index (χ1) is 8.58. The molecule has 2 rings (SSSR count). The molecular formula is C12H25N3O2S. The summed E-state index contributed by atoms with van der Waals surface area (Å²) in [5.41, 5.74) is 0. The lowest BCUT2D eigenvalue weighted by molar-refractivity contribution is 0.287. The van der Waals surface area contributed by atoms with Crippen molar-refractivity contribution >= 4 is 10.2 Å². The highest BCUT2D eigenvalue weighted by atomic mass is 32.2. The standard InChI is InChI=1S/C12H25N3O2S/c1-11-2-4-12(5-3-11)10-14-18(16,17)15-8-6-13-7-9-15/h11-14H,2-10H2,1H3. The molecule has 18 heavy (non-hydrogen) atoms. The lowest BCUT2D eigenvalue weighted by Gasteiger charge is -2.29. The second-order valence-corrected chi connectivity index (χ2v) is 7.38. The Hall–Kier alpha value is -0.170. The molecule has 2 fully saturated rings. The molecule has 1 aliphatic carbocycles. The van der Waals surface area contributed by atoms with E-state index in [1.807, 2.05) is 0 Å². The number of hydrogen-bond acceptors (Lipinski definition) is 3. The fraction of sp³-hybridized carbons (Fsp3) is 1.00. The maximum absolute atomic E-state index is 12.1. The van der Waals surface area contributed by atoms with Crippen molar-refractivity contribution in [3.63, 3.8) is 0 Å². The van der Waals surface area contributed by atoms with Gasteiger partial charge in [-0.15, -0.1) is 0 Å². The van der Waals surface area contributed by atoms with Crippen molar-refractivity contribution in [2.75, 3.05) is 32.7 Å². The van der Waals surface area contributed by atoms with E-state index in [1.54, 1.807) is 4.31 Å². The molecule has 5 nitrogen and oxygen atoms in total. The second-order valence-electron chi connectivity index (χ2n) is 5.63. The smallest absolute Gasteiger partial charge is 0.279 e. The normalized spacial score (nSPS) is 31.4. The molecule has 6 heteroatoms. The van der Waals surface area contributed by atoms with E-state index in [1.165, 1.54) is 12.8 Å². The lowest BCUT2D eigenvalue weighted by atomic mass is 9.83. The van der Waals surface area contributed by atoms with Gasteiger partial charge >= 0.3 is 0 Å². The van der Waals surface area contributed by atoms with Crippen molar-refractivity contribution in [2.24, 2.45) is 11.8 Å². The molecule has 2 N–H and O–H groups in total. The van der Waals surface area contributed by atoms with E-state index in [9.17, 15) is 8.42 Å². The number of piperazine rings is 1. The highest BCUT2D eigenvalue weighted by molar-refractivity contribution is 7.87. The van der Waals surface area contributed by atoms with Gasteiger partial charge in [-0.25, -0.2) is 4.72 Å². The van der Waals surface area contributed by atoms with Crippen LogP contribution in [-0.2, 0) is 10.2 Å². The first-order valence-corrected chi connectivity index (χ1v) is 8.47. The molecule has 0 aromatic rings. The van der Waals surface area contributed by atoms with Gasteiger partial charge in [-0.1, -0.05) is 19.8 Å². The van der Waals surface area contributed by atoms with Crippen LogP contribution in [0.15, 0.2) is 0 Å². The maximum Gasteiger partial charge on any atom is 0.279 e. The molecule has 1 aliphatic heterocycles. The summed E-state index contributed by atoms with van der Waals surface area (Å²) in [6.45, 7) is 5.55. The minimum Gasteiger partial charge on any atom is -0.314 e. The van der Waals surface area contributed by atoms with Crippen molar-refractivity contribution in [1.82, 2.24) is 14.3 Å². The Balaban J connectivity index is 1.77. The zero-order valence-corrected chi connectivity index (χ0v) is 12.0. The molecule has 0 amide bonds. The SMILES string of the molecule is CC1CCC(CNS(=O)(=O)N2CCNCC2)CC1. The molecule has 0 aromatic carbocycles. The molecule has 0 aromatic heterocycles. The Bertz CT molecular complexity index is 344. The van der Waals surface area contributed by atoms with Crippen LogP contribution in [0.5, 0.6) is 0 Å². The van der Waals surface area contributed by atoms with Gasteiger partial charge in [0.05, 0.1) is 0 Å². The largest absolute Gasteiger partial charge is 0.314 e. The first kappa shape index (κ1) is 14.2. The lowest BCUT2D eigenvalue weighted by Crippen LogP contribution is -2.51. The van der Waals surface area contributed by atoms with Gasteiger partial charge in [0.15, 0.2) is 0 Å². The molecular weight excluding hydrogens is 250 g/mol. The Morgan fingerprint density at radius 1 is 1.17 bits per heavy atom. The average molecular weight is 275 g/mol. The summed E-state index contributed by atoms with van der Waals surface area (Å²) in [7, 11) is -3.25. The van der Waals surface area contributed by atoms with E-state index < -0.39 is 10.2 Å². The molecule has 1 heterocycles. The van der Waals surface area contributed by atoms with Crippen LogP contribution in [0.3, 0.4) is 0 Å². The molecule has 0 radical (unpaired) electrons. The summed E-state index contributed by atoms with van der Waals surface area (Å²) in [5, 5.41) is 3.16. The highest BCUT2D eigenvalue weighted by Crippen LogP contribution is 2.27. The van der Waals surface area contributed by atoms with Gasteiger partial charge < -0.3 is 5.32 Å². The summed E-state index contributed by atoms with van der Waals surface area (Å²) in [6.07, 6.45) is 4.79. The molecule has 0 bridgehead atoms. The van der Waals surface area contributed by atoms with Gasteiger partial charge in [0.1, 0.15) is 0 Å². The van der Waals surface area contributed by atoms with Gasteiger partial charge in [0, 0.05) is 32.7 Å². The average Bonchev–Trinajstić information content (AvgIpc) is 2.39. The van der Waals surface area contributed by atoms with E-state index in [2.05, 4.69) is 17.0 Å². The van der Waals surface area contributed by atoms with Crippen LogP contribution in [-0.4, -0.2) is 45.4 Å². The first-order valence-electron chi connectivity index (χ1n) is 7.03. The van der Waals surface area contributed by atoms with E-state index in [0.29, 0.717) is 25.6 Å². The Labute approximate surface area is 110 Å². The van der Waals surface area contributed by atoms with Gasteiger partial charge in [-0.05, 0) is 24.7 Å². The van der Waals surface area contributed by atoms with Crippen molar-refractivity contribution in [1.29, 1.82) is 0 Å². The molecule has 2 aliphatic rings. The molecule has 106 valence electrons. The quantitative estimate of drug-likeness (QED) is 0.788. The molecule has 0 atom stereocenters. The van der Waals surface area contributed by atoms with E-state index in [4.69, 9.17) is 0 Å². The monoisotopic (exact) mass is 275 g/mol. The molecule has 1 saturated heterocycles. The van der Waals surface area contributed by atoms with Crippen LogP contribution in [0, 0.1) is 11.8 Å². The zero-order chi connectivity index (χ0) is 13.0. The highest BCUT2D eigenvalue weighted by Gasteiger charge is 2.25. The summed E-state index contributed by atoms with van der Waals surface area (Å²) < 4.78 is 28.5. The Morgan fingerprint density at radius 2 is 1.78 bits per heavy atom. The van der Waals surface area contributed by atoms with E-state index in [0.717, 1.165) is 31.8 Å². The predicted molar refractivity (Wildman–Crippen MR) is 72.5 cm³/mol. The van der Waals surface area contributed by atoms with Crippen LogP contribution in [0.1, 0.15) is 32.6 Å². The summed E-state index contributed by atoms with van der Waals surface area (Å²) in [6, 6.07) is 0. The van der Waals surface area contributed by atoms with Crippen molar-refractivity contribution in [2.45, 2.75) is 32.6 Å². The van der Waals surface area contributed by atoms with Crippen LogP contribution in [0.25, 0.3) is 0 Å². The Morgan fingerprint density at radius 3 is 2.39 bits per heavy atom. The molecule has 0 unspecified atom stereocenters. The minimum atomic E-state index is -3.25. The number of nitrogens with zero attached hydrogens (tertiary/aromatic N) is 1. The van der Waals surface area contributed by atoms with Crippen molar-refractivity contribution in [3.8, 4) is 0 Å². The fourth-order valence-electron chi connectivity index (χ4n) is 2.73. The van der Waals surface area contributed by atoms with E-state index in [-0.39, 0.29) is 0 Å². The van der Waals surface area contributed by atoms with Crippen LogP contribution >= 0.6 is 0 Å². The maximum atomic E-state index is 12.1. The van der Waals surface area contributed by atoms with Gasteiger partial charge in [-0.2, -0.15) is 12.7 Å². The third-order valence-corrected chi connectivity index (χ3v) is 5.68. The summed E-state index contributed by atoms with van der Waals surface area (Å²) in [5.74, 6) is 1.34. The van der Waals surface area contributed by atoms with Crippen molar-refractivity contribution < 1.29 is 8.42 Å². The molecule has 0 spiro atoms. The predicted octanol–water partition coefficient (Wildman–Crippen LogP) is 0.552. The van der Waals surface area contributed by atoms with Crippen LogP contribution in [0.4, 0.5) is 0 Å². The second kappa shape index (κ2) is 6.32. The van der Waals surface area contributed by atoms with Crippen LogP contribution in [0.2, 0.25) is 0 Å². The van der Waals surface area contributed by atoms with E-state index >= 15 is 0 Å². The van der Waals surface area contributed by atoms with Gasteiger partial charge in [-0.3, -0.25) is 0 Å². The number of hydrogen-bond donors (Lipinski definition) is 2. The number of nitrogens with one attached hydrogen (secondary N) is 2. The Kier molecular flexibility index (Phi) is 5.00. The molecule has 1 saturated carbocycles. The third-order valence-electron chi connectivity index (χ3n) is 4.11. The number of rotatable bonds is 4. The topological polar surface area (TPSA) is 61.4 Å². The van der Waals surface area contributed by atoms with Crippen molar-refractivity contribution in [3.05, 3.63) is 0 Å². The zero-order valence-electron chi connectivity index (χ0n) is 11.2. The summed E-state index contributed by atoms with van der Waals surface area (Å²) in [4.78, 5) is 0. The minimum absolute atomic E-state index is 0.527.